The maximum Gasteiger partial charge on any atom is 0.219 e. The van der Waals surface area contributed by atoms with Crippen molar-refractivity contribution in [2.24, 2.45) is 0 Å². The summed E-state index contributed by atoms with van der Waals surface area (Å²) in [5.74, 6) is 0.132. The van der Waals surface area contributed by atoms with E-state index in [9.17, 15) is 4.79 Å². The highest BCUT2D eigenvalue weighted by molar-refractivity contribution is 5.72. The molecule has 0 rings (SSSR count). The summed E-state index contributed by atoms with van der Waals surface area (Å²) in [5, 5.41) is 3.28. The van der Waals surface area contributed by atoms with Gasteiger partial charge in [-0.25, -0.2) is 0 Å². The number of carbonyl (C=O) groups excluding carboxylic acids is 1. The van der Waals surface area contributed by atoms with Crippen molar-refractivity contribution in [1.29, 1.82) is 0 Å². The topological polar surface area (TPSA) is 32.3 Å². The lowest BCUT2D eigenvalue weighted by Crippen LogP contribution is -2.32. The van der Waals surface area contributed by atoms with Crippen LogP contribution in [0.25, 0.3) is 0 Å². The summed E-state index contributed by atoms with van der Waals surface area (Å²) in [4.78, 5) is 12.5. The Morgan fingerprint density at radius 3 is 2.29 bits per heavy atom. The van der Waals surface area contributed by atoms with Crippen LogP contribution in [0.1, 0.15) is 40.5 Å². The standard InChI is InChI=1S/C9H20N2O.C2H6/c1-4-5-6-10-7-8-11(3)9(2)12;1-2/h10H,4-8H2,1-3H3;1-2H3. The first-order valence-corrected chi connectivity index (χ1v) is 5.61. The fourth-order valence-corrected chi connectivity index (χ4v) is 0.831. The number of amides is 1. The van der Waals surface area contributed by atoms with E-state index >= 15 is 0 Å². The quantitative estimate of drug-likeness (QED) is 0.667. The lowest BCUT2D eigenvalue weighted by atomic mass is 10.3. The Labute approximate surface area is 88.9 Å². The second-order valence-electron chi connectivity index (χ2n) is 3.04. The molecule has 14 heavy (non-hydrogen) atoms. The number of nitrogens with one attached hydrogen (secondary N) is 1. The van der Waals surface area contributed by atoms with E-state index in [0.29, 0.717) is 0 Å². The maximum atomic E-state index is 10.8. The van der Waals surface area contributed by atoms with Gasteiger partial charge in [0.1, 0.15) is 0 Å². The first kappa shape index (κ1) is 15.9. The Morgan fingerprint density at radius 1 is 1.29 bits per heavy atom. The lowest BCUT2D eigenvalue weighted by molar-refractivity contribution is -0.127. The van der Waals surface area contributed by atoms with Crippen LogP contribution in [0.5, 0.6) is 0 Å². The molecule has 0 bridgehead atoms. The van der Waals surface area contributed by atoms with Gasteiger partial charge in [0.15, 0.2) is 0 Å². The molecule has 0 unspecified atom stereocenters. The lowest BCUT2D eigenvalue weighted by Gasteiger charge is -2.14. The third-order valence-electron chi connectivity index (χ3n) is 1.87. The van der Waals surface area contributed by atoms with E-state index in [0.717, 1.165) is 19.6 Å². The van der Waals surface area contributed by atoms with Crippen molar-refractivity contribution in [2.75, 3.05) is 26.7 Å². The molecule has 0 aliphatic heterocycles. The van der Waals surface area contributed by atoms with Gasteiger partial charge in [-0.2, -0.15) is 0 Å². The number of hydrogen-bond donors (Lipinski definition) is 1. The van der Waals surface area contributed by atoms with E-state index in [4.69, 9.17) is 0 Å². The highest BCUT2D eigenvalue weighted by Gasteiger charge is 1.99. The molecule has 0 saturated carbocycles. The van der Waals surface area contributed by atoms with Crippen LogP contribution in [0, 0.1) is 0 Å². The molecule has 0 fully saturated rings. The molecule has 0 aromatic carbocycles. The molecule has 0 spiro atoms. The average molecular weight is 202 g/mol. The fourth-order valence-electron chi connectivity index (χ4n) is 0.831. The normalized spacial score (nSPS) is 8.93. The molecule has 0 aliphatic rings. The fraction of sp³-hybridized carbons (Fsp3) is 0.909. The van der Waals surface area contributed by atoms with Crippen molar-refractivity contribution in [3.63, 3.8) is 0 Å². The summed E-state index contributed by atoms with van der Waals surface area (Å²) in [6.45, 7) is 10.5. The molecule has 0 heterocycles. The predicted molar refractivity (Wildman–Crippen MR) is 62.4 cm³/mol. The molecule has 1 amide bonds. The van der Waals surface area contributed by atoms with E-state index in [2.05, 4.69) is 12.2 Å². The molecule has 0 aromatic rings. The molecule has 86 valence electrons. The summed E-state index contributed by atoms with van der Waals surface area (Å²) < 4.78 is 0. The van der Waals surface area contributed by atoms with Crippen LogP contribution < -0.4 is 5.32 Å². The zero-order chi connectivity index (χ0) is 11.4. The van der Waals surface area contributed by atoms with Gasteiger partial charge in [0.25, 0.3) is 0 Å². The Balaban J connectivity index is 0. The van der Waals surface area contributed by atoms with Gasteiger partial charge < -0.3 is 10.2 Å². The van der Waals surface area contributed by atoms with Gasteiger partial charge in [0.05, 0.1) is 0 Å². The van der Waals surface area contributed by atoms with E-state index in [1.807, 2.05) is 20.9 Å². The number of carbonyl (C=O) groups is 1. The van der Waals surface area contributed by atoms with Gasteiger partial charge in [-0.15, -0.1) is 0 Å². The Morgan fingerprint density at radius 2 is 1.86 bits per heavy atom. The van der Waals surface area contributed by atoms with Gasteiger partial charge in [-0.3, -0.25) is 4.79 Å². The van der Waals surface area contributed by atoms with Gasteiger partial charge in [0, 0.05) is 27.1 Å². The number of unbranched alkanes of at least 4 members (excludes halogenated alkanes) is 1. The molecule has 0 aromatic heterocycles. The van der Waals surface area contributed by atoms with Crippen molar-refractivity contribution < 1.29 is 4.79 Å². The molecule has 3 nitrogen and oxygen atoms in total. The molecule has 0 atom stereocenters. The molecular formula is C11H26N2O. The second kappa shape index (κ2) is 12.4. The maximum absolute atomic E-state index is 10.8. The highest BCUT2D eigenvalue weighted by atomic mass is 16.2. The highest BCUT2D eigenvalue weighted by Crippen LogP contribution is 1.83. The number of likely N-dealkylation sites (N-methyl/N-ethyl adjacent to an activating group) is 1. The molecule has 0 aliphatic carbocycles. The van der Waals surface area contributed by atoms with Crippen LogP contribution in [0.3, 0.4) is 0 Å². The zero-order valence-electron chi connectivity index (χ0n) is 10.4. The first-order valence-electron chi connectivity index (χ1n) is 5.61. The largest absolute Gasteiger partial charge is 0.345 e. The minimum absolute atomic E-state index is 0.132. The number of hydrogen-bond acceptors (Lipinski definition) is 2. The van der Waals surface area contributed by atoms with Gasteiger partial charge in [-0.05, 0) is 13.0 Å². The molecular weight excluding hydrogens is 176 g/mol. The molecule has 0 saturated heterocycles. The molecule has 0 radical (unpaired) electrons. The summed E-state index contributed by atoms with van der Waals surface area (Å²) in [7, 11) is 1.82. The number of rotatable bonds is 6. The third kappa shape index (κ3) is 11.4. The van der Waals surface area contributed by atoms with Crippen molar-refractivity contribution in [1.82, 2.24) is 10.2 Å². The van der Waals surface area contributed by atoms with Crippen LogP contribution >= 0.6 is 0 Å². The van der Waals surface area contributed by atoms with Gasteiger partial charge in [-0.1, -0.05) is 27.2 Å². The van der Waals surface area contributed by atoms with E-state index in [-0.39, 0.29) is 5.91 Å². The average Bonchev–Trinajstić information content (AvgIpc) is 2.20. The van der Waals surface area contributed by atoms with Crippen LogP contribution in [0.15, 0.2) is 0 Å². The summed E-state index contributed by atoms with van der Waals surface area (Å²) in [6, 6.07) is 0. The van der Waals surface area contributed by atoms with Crippen molar-refractivity contribution in [3.8, 4) is 0 Å². The number of nitrogens with zero attached hydrogens (tertiary/aromatic N) is 1. The molecule has 1 N–H and O–H groups in total. The van der Waals surface area contributed by atoms with Crippen LogP contribution in [-0.2, 0) is 4.79 Å². The Kier molecular flexibility index (Phi) is 14.1. The Bertz CT molecular complexity index is 126. The van der Waals surface area contributed by atoms with E-state index in [1.54, 1.807) is 11.8 Å². The van der Waals surface area contributed by atoms with E-state index in [1.165, 1.54) is 12.8 Å². The van der Waals surface area contributed by atoms with Gasteiger partial charge >= 0.3 is 0 Å². The second-order valence-corrected chi connectivity index (χ2v) is 3.04. The first-order chi connectivity index (χ1) is 6.68. The van der Waals surface area contributed by atoms with Crippen LogP contribution in [0.4, 0.5) is 0 Å². The summed E-state index contributed by atoms with van der Waals surface area (Å²) in [6.07, 6.45) is 2.43. The zero-order valence-corrected chi connectivity index (χ0v) is 10.4. The van der Waals surface area contributed by atoms with E-state index < -0.39 is 0 Å². The van der Waals surface area contributed by atoms with Crippen molar-refractivity contribution >= 4 is 5.91 Å². The minimum atomic E-state index is 0.132. The smallest absolute Gasteiger partial charge is 0.219 e. The summed E-state index contributed by atoms with van der Waals surface area (Å²) >= 11 is 0. The molecule has 3 heteroatoms. The predicted octanol–water partition coefficient (Wildman–Crippen LogP) is 1.88. The van der Waals surface area contributed by atoms with Gasteiger partial charge in [0.2, 0.25) is 5.91 Å². The van der Waals surface area contributed by atoms with Crippen molar-refractivity contribution in [3.05, 3.63) is 0 Å². The monoisotopic (exact) mass is 202 g/mol. The van der Waals surface area contributed by atoms with Crippen LogP contribution in [0.2, 0.25) is 0 Å². The minimum Gasteiger partial charge on any atom is -0.345 e. The summed E-state index contributed by atoms with van der Waals surface area (Å²) in [5.41, 5.74) is 0. The Hall–Kier alpha value is -0.570. The SMILES string of the molecule is CC.CCCCNCCN(C)C(C)=O. The third-order valence-corrected chi connectivity index (χ3v) is 1.87. The van der Waals surface area contributed by atoms with Crippen molar-refractivity contribution in [2.45, 2.75) is 40.5 Å². The van der Waals surface area contributed by atoms with Crippen LogP contribution in [-0.4, -0.2) is 37.5 Å².